The molecule has 0 aromatic carbocycles. The van der Waals surface area contributed by atoms with Crippen molar-refractivity contribution >= 4 is 5.91 Å². The summed E-state index contributed by atoms with van der Waals surface area (Å²) in [5.41, 5.74) is 0. The maximum absolute atomic E-state index is 14.0. The summed E-state index contributed by atoms with van der Waals surface area (Å²) in [6.45, 7) is -3.13. The van der Waals surface area contributed by atoms with Crippen molar-refractivity contribution in [1.29, 1.82) is 0 Å². The first-order valence-electron chi connectivity index (χ1n) is 7.73. The number of ether oxygens (including phenoxy) is 2. The highest BCUT2D eigenvalue weighted by atomic mass is 19.4. The van der Waals surface area contributed by atoms with Crippen LogP contribution in [0.3, 0.4) is 0 Å². The van der Waals surface area contributed by atoms with E-state index in [0.717, 1.165) is 0 Å². The largest absolute Gasteiger partial charge is 0.462 e. The highest BCUT2D eigenvalue weighted by Gasteiger charge is 2.85. The molecule has 0 radical (unpaired) electrons. The van der Waals surface area contributed by atoms with Crippen LogP contribution in [-0.2, 0) is 14.3 Å². The standard InChI is InChI=1S/C12H8F17NO5/c13-5(8(17,18)19,4(33)30-1-3(32)2-31)34-12(28,29)7(16,10(23,24)25)35-11(26,27)6(14,15)9(20,21)22/h3,31-32H,1-2H2,(H,30,33). The second kappa shape index (κ2) is 9.53. The molecule has 35 heavy (non-hydrogen) atoms. The Kier molecular flexibility index (Phi) is 9.02. The van der Waals surface area contributed by atoms with Gasteiger partial charge in [0.2, 0.25) is 0 Å². The summed E-state index contributed by atoms with van der Waals surface area (Å²) < 4.78 is 222. The number of amides is 1. The number of rotatable bonds is 10. The van der Waals surface area contributed by atoms with Gasteiger partial charge in [0, 0.05) is 6.54 Å². The second-order valence-electron chi connectivity index (χ2n) is 6.04. The van der Waals surface area contributed by atoms with Crippen LogP contribution < -0.4 is 5.32 Å². The Morgan fingerprint density at radius 3 is 1.43 bits per heavy atom. The molecule has 0 aliphatic rings. The van der Waals surface area contributed by atoms with Gasteiger partial charge in [0.05, 0.1) is 12.7 Å². The average Bonchev–Trinajstić information content (AvgIpc) is 2.61. The lowest BCUT2D eigenvalue weighted by Crippen LogP contribution is -2.69. The normalized spacial score (nSPS) is 19.1. The molecular weight excluding hydrogens is 561 g/mol. The molecule has 0 aromatic heterocycles. The van der Waals surface area contributed by atoms with Crippen LogP contribution >= 0.6 is 0 Å². The van der Waals surface area contributed by atoms with Crippen molar-refractivity contribution in [2.75, 3.05) is 13.2 Å². The van der Waals surface area contributed by atoms with Crippen molar-refractivity contribution in [2.24, 2.45) is 0 Å². The number of halogens is 17. The third kappa shape index (κ3) is 6.28. The van der Waals surface area contributed by atoms with E-state index in [-0.39, 0.29) is 0 Å². The third-order valence-electron chi connectivity index (χ3n) is 3.36. The van der Waals surface area contributed by atoms with Gasteiger partial charge in [-0.15, -0.1) is 0 Å². The molecule has 210 valence electrons. The summed E-state index contributed by atoms with van der Waals surface area (Å²) in [5.74, 6) is -26.6. The van der Waals surface area contributed by atoms with Gasteiger partial charge in [-0.1, -0.05) is 0 Å². The van der Waals surface area contributed by atoms with Gasteiger partial charge in [-0.05, 0) is 0 Å². The minimum Gasteiger partial charge on any atom is -0.394 e. The average molecular weight is 569 g/mol. The van der Waals surface area contributed by atoms with Crippen molar-refractivity contribution in [3.63, 3.8) is 0 Å². The lowest BCUT2D eigenvalue weighted by molar-refractivity contribution is -0.548. The molecule has 6 nitrogen and oxygen atoms in total. The van der Waals surface area contributed by atoms with E-state index in [1.165, 1.54) is 4.74 Å². The molecule has 23 heteroatoms. The van der Waals surface area contributed by atoms with Crippen LogP contribution in [0.1, 0.15) is 0 Å². The monoisotopic (exact) mass is 569 g/mol. The molecular formula is C12H8F17NO5. The van der Waals surface area contributed by atoms with E-state index in [2.05, 4.69) is 0 Å². The Morgan fingerprint density at radius 1 is 0.686 bits per heavy atom. The molecule has 0 spiro atoms. The minimum absolute atomic E-state index is 0.522. The first-order valence-corrected chi connectivity index (χ1v) is 7.73. The van der Waals surface area contributed by atoms with E-state index >= 15 is 0 Å². The Labute approximate surface area is 179 Å². The van der Waals surface area contributed by atoms with Crippen LogP contribution in [0.15, 0.2) is 0 Å². The predicted octanol–water partition coefficient (Wildman–Crippen LogP) is 3.33. The van der Waals surface area contributed by atoms with Crippen molar-refractivity contribution in [1.82, 2.24) is 5.32 Å². The zero-order valence-electron chi connectivity index (χ0n) is 15.5. The topological polar surface area (TPSA) is 88.0 Å². The molecule has 3 unspecified atom stereocenters. The zero-order chi connectivity index (χ0) is 28.7. The lowest BCUT2D eigenvalue weighted by atomic mass is 10.2. The van der Waals surface area contributed by atoms with Crippen LogP contribution in [0.2, 0.25) is 0 Å². The van der Waals surface area contributed by atoms with Crippen LogP contribution in [0.5, 0.6) is 0 Å². The number of alkyl halides is 17. The number of aliphatic hydroxyl groups excluding tert-OH is 2. The van der Waals surface area contributed by atoms with Crippen LogP contribution in [0.25, 0.3) is 0 Å². The summed E-state index contributed by atoms with van der Waals surface area (Å²) in [4.78, 5) is 11.2. The molecule has 0 aliphatic carbocycles. The van der Waals surface area contributed by atoms with Gasteiger partial charge >= 0.3 is 48.4 Å². The number of hydrogen-bond donors (Lipinski definition) is 3. The SMILES string of the molecule is O=C(NCC(O)CO)C(F)(OC(F)(F)C(F)(OC(F)(F)C(F)(F)C(F)(F)F)C(F)(F)F)C(F)(F)F. The molecule has 0 saturated heterocycles. The van der Waals surface area contributed by atoms with E-state index in [1.54, 1.807) is 4.74 Å². The molecule has 0 aliphatic heterocycles. The maximum atomic E-state index is 14.0. The zero-order valence-corrected chi connectivity index (χ0v) is 15.5. The molecule has 1 amide bonds. The predicted molar refractivity (Wildman–Crippen MR) is 69.0 cm³/mol. The molecule has 0 rings (SSSR count). The molecule has 0 aromatic rings. The number of nitrogens with one attached hydrogen (secondary N) is 1. The van der Waals surface area contributed by atoms with Gasteiger partial charge in [0.1, 0.15) is 0 Å². The van der Waals surface area contributed by atoms with Gasteiger partial charge in [-0.2, -0.15) is 74.6 Å². The van der Waals surface area contributed by atoms with Gasteiger partial charge in [-0.25, -0.2) is 0 Å². The Bertz CT molecular complexity index is 749. The fourth-order valence-corrected chi connectivity index (χ4v) is 1.55. The van der Waals surface area contributed by atoms with Crippen molar-refractivity contribution in [2.45, 2.75) is 54.5 Å². The fourth-order valence-electron chi connectivity index (χ4n) is 1.55. The van der Waals surface area contributed by atoms with Crippen molar-refractivity contribution < 1.29 is 99.1 Å². The van der Waals surface area contributed by atoms with Gasteiger partial charge in [0.25, 0.3) is 5.91 Å². The van der Waals surface area contributed by atoms with E-state index in [4.69, 9.17) is 10.2 Å². The maximum Gasteiger partial charge on any atom is 0.462 e. The number of hydrogen-bond acceptors (Lipinski definition) is 5. The Hall–Kier alpha value is -1.88. The van der Waals surface area contributed by atoms with Crippen LogP contribution in [0.4, 0.5) is 74.6 Å². The summed E-state index contributed by atoms with van der Waals surface area (Å²) >= 11 is 0. The number of carbonyl (C=O) groups excluding carboxylic acids is 1. The third-order valence-corrected chi connectivity index (χ3v) is 3.36. The Balaban J connectivity index is 6.64. The van der Waals surface area contributed by atoms with Crippen molar-refractivity contribution in [3.05, 3.63) is 0 Å². The van der Waals surface area contributed by atoms with Crippen LogP contribution in [0, 0.1) is 0 Å². The molecule has 0 fully saturated rings. The molecule has 3 N–H and O–H groups in total. The van der Waals surface area contributed by atoms with Crippen LogP contribution in [-0.4, -0.2) is 83.8 Å². The second-order valence-corrected chi connectivity index (χ2v) is 6.04. The van der Waals surface area contributed by atoms with Gasteiger partial charge in [-0.3, -0.25) is 14.3 Å². The quantitative estimate of drug-likeness (QED) is 0.352. The fraction of sp³-hybridized carbons (Fsp3) is 0.917. The number of aliphatic hydroxyl groups is 2. The first-order chi connectivity index (χ1) is 15.0. The smallest absolute Gasteiger partial charge is 0.394 e. The van der Waals surface area contributed by atoms with E-state index < -0.39 is 73.5 Å². The van der Waals surface area contributed by atoms with Gasteiger partial charge < -0.3 is 15.5 Å². The summed E-state index contributed by atoms with van der Waals surface area (Å²) in [7, 11) is 0. The lowest BCUT2D eigenvalue weighted by Gasteiger charge is -2.40. The highest BCUT2D eigenvalue weighted by Crippen LogP contribution is 2.56. The minimum atomic E-state index is -8.11. The summed E-state index contributed by atoms with van der Waals surface area (Å²) in [6.07, 6.45) is -41.1. The molecule has 0 saturated carbocycles. The highest BCUT2D eigenvalue weighted by molar-refractivity contribution is 5.84. The van der Waals surface area contributed by atoms with Crippen molar-refractivity contribution in [3.8, 4) is 0 Å². The molecule has 0 bridgehead atoms. The first kappa shape index (κ1) is 33.1. The van der Waals surface area contributed by atoms with E-state index in [1.807, 2.05) is 0 Å². The van der Waals surface area contributed by atoms with E-state index in [0.29, 0.717) is 5.32 Å². The summed E-state index contributed by atoms with van der Waals surface area (Å²) in [6, 6.07) is 0. The molecule has 0 heterocycles. The summed E-state index contributed by atoms with van der Waals surface area (Å²) in [5, 5.41) is 17.7. The van der Waals surface area contributed by atoms with E-state index in [9.17, 15) is 79.4 Å². The number of carbonyl (C=O) groups is 1. The van der Waals surface area contributed by atoms with Gasteiger partial charge in [0.15, 0.2) is 0 Å². The Morgan fingerprint density at radius 2 is 1.11 bits per heavy atom. The molecule has 3 atom stereocenters.